The number of sulfonamides is 1. The number of carbonyl (C=O) groups is 1. The van der Waals surface area contributed by atoms with Crippen LogP contribution in [0.2, 0.25) is 0 Å². The largest absolute Gasteiger partial charge is 0.493 e. The van der Waals surface area contributed by atoms with E-state index in [-0.39, 0.29) is 29.9 Å². The van der Waals surface area contributed by atoms with Gasteiger partial charge >= 0.3 is 0 Å². The fourth-order valence-corrected chi connectivity index (χ4v) is 4.65. The first kappa shape index (κ1) is 21.3. The van der Waals surface area contributed by atoms with Gasteiger partial charge in [0.05, 0.1) is 17.9 Å². The molecule has 2 aromatic rings. The van der Waals surface area contributed by atoms with Crippen LogP contribution in [0.15, 0.2) is 53.4 Å². The van der Waals surface area contributed by atoms with Crippen molar-refractivity contribution in [2.24, 2.45) is 0 Å². The van der Waals surface area contributed by atoms with Gasteiger partial charge in [-0.1, -0.05) is 37.0 Å². The summed E-state index contributed by atoms with van der Waals surface area (Å²) in [5, 5.41) is 2.76. The average molecular weight is 417 g/mol. The lowest BCUT2D eigenvalue weighted by molar-refractivity contribution is -0.116. The Labute approximate surface area is 172 Å². The van der Waals surface area contributed by atoms with Gasteiger partial charge in [0.15, 0.2) is 0 Å². The molecule has 156 valence electrons. The van der Waals surface area contributed by atoms with Crippen molar-refractivity contribution in [2.75, 3.05) is 11.9 Å². The van der Waals surface area contributed by atoms with Crippen LogP contribution in [0.3, 0.4) is 0 Å². The van der Waals surface area contributed by atoms with E-state index in [0.717, 1.165) is 37.0 Å². The molecule has 0 unspecified atom stereocenters. The molecule has 1 fully saturated rings. The maximum Gasteiger partial charge on any atom is 0.240 e. The van der Waals surface area contributed by atoms with Crippen molar-refractivity contribution in [2.45, 2.75) is 56.4 Å². The third kappa shape index (κ3) is 6.58. The summed E-state index contributed by atoms with van der Waals surface area (Å²) >= 11 is 0. The van der Waals surface area contributed by atoms with Gasteiger partial charge in [0.25, 0.3) is 0 Å². The Morgan fingerprint density at radius 2 is 1.66 bits per heavy atom. The normalized spacial score (nSPS) is 15.1. The van der Waals surface area contributed by atoms with Crippen LogP contribution in [0.5, 0.6) is 5.75 Å². The summed E-state index contributed by atoms with van der Waals surface area (Å²) in [6.07, 6.45) is 5.27. The van der Waals surface area contributed by atoms with Crippen molar-refractivity contribution in [1.82, 2.24) is 4.72 Å². The van der Waals surface area contributed by atoms with Crippen molar-refractivity contribution in [3.8, 4) is 5.75 Å². The molecule has 2 N–H and O–H groups in total. The highest BCUT2D eigenvalue weighted by molar-refractivity contribution is 7.89. The van der Waals surface area contributed by atoms with E-state index < -0.39 is 10.0 Å². The molecule has 0 radical (unpaired) electrons. The Morgan fingerprint density at radius 1 is 1.00 bits per heavy atom. The van der Waals surface area contributed by atoms with Crippen LogP contribution in [0.25, 0.3) is 0 Å². The number of rotatable bonds is 8. The Bertz CT molecular complexity index is 903. The van der Waals surface area contributed by atoms with Gasteiger partial charge in [-0.2, -0.15) is 0 Å². The smallest absolute Gasteiger partial charge is 0.240 e. The quantitative estimate of drug-likeness (QED) is 0.681. The third-order valence-corrected chi connectivity index (χ3v) is 6.53. The number of nitrogens with one attached hydrogen (secondary N) is 2. The van der Waals surface area contributed by atoms with Crippen molar-refractivity contribution in [3.05, 3.63) is 54.1 Å². The van der Waals surface area contributed by atoms with Crippen LogP contribution < -0.4 is 14.8 Å². The highest BCUT2D eigenvalue weighted by Crippen LogP contribution is 2.21. The topological polar surface area (TPSA) is 84.5 Å². The van der Waals surface area contributed by atoms with Gasteiger partial charge in [-0.3, -0.25) is 4.79 Å². The molecular weight excluding hydrogens is 388 g/mol. The summed E-state index contributed by atoms with van der Waals surface area (Å²) < 4.78 is 33.4. The Morgan fingerprint density at radius 3 is 2.31 bits per heavy atom. The number of hydrogen-bond donors (Lipinski definition) is 2. The lowest BCUT2D eigenvalue weighted by atomic mass is 9.96. The highest BCUT2D eigenvalue weighted by Gasteiger charge is 2.21. The monoisotopic (exact) mass is 416 g/mol. The molecule has 1 amide bonds. The Hall–Kier alpha value is -2.38. The molecule has 1 aliphatic rings. The number of carbonyl (C=O) groups excluding carboxylic acids is 1. The number of amides is 1. The molecule has 0 spiro atoms. The van der Waals surface area contributed by atoms with Crippen LogP contribution in [-0.4, -0.2) is 27.0 Å². The Kier molecular flexibility index (Phi) is 7.28. The number of benzene rings is 2. The van der Waals surface area contributed by atoms with E-state index >= 15 is 0 Å². The number of anilines is 1. The molecule has 0 bridgehead atoms. The van der Waals surface area contributed by atoms with Crippen molar-refractivity contribution >= 4 is 21.6 Å². The second-order valence-corrected chi connectivity index (χ2v) is 9.15. The summed E-state index contributed by atoms with van der Waals surface area (Å²) in [5.41, 5.74) is 1.71. The fourth-order valence-electron chi connectivity index (χ4n) is 3.34. The van der Waals surface area contributed by atoms with E-state index in [1.165, 1.54) is 18.6 Å². The minimum atomic E-state index is -3.54. The molecule has 1 aliphatic carbocycles. The second-order valence-electron chi connectivity index (χ2n) is 7.44. The molecule has 29 heavy (non-hydrogen) atoms. The second kappa shape index (κ2) is 9.89. The third-order valence-electron chi connectivity index (χ3n) is 4.99. The van der Waals surface area contributed by atoms with E-state index in [1.807, 2.05) is 31.2 Å². The minimum absolute atomic E-state index is 0.0154. The predicted octanol–water partition coefficient (Wildman–Crippen LogP) is 4.01. The van der Waals surface area contributed by atoms with E-state index in [9.17, 15) is 13.2 Å². The molecule has 2 aromatic carbocycles. The fraction of sp³-hybridized carbons (Fsp3) is 0.409. The standard InChI is InChI=1S/C22H28N2O4S/c1-17-7-11-20(12-8-17)28-16-15-22(25)23-18-9-13-21(14-10-18)29(26,27)24-19-5-3-2-4-6-19/h7-14,19,24H,2-6,15-16H2,1H3,(H,23,25). The molecule has 3 rings (SSSR count). The SMILES string of the molecule is Cc1ccc(OCCC(=O)Nc2ccc(S(=O)(=O)NC3CCCCC3)cc2)cc1. The van der Waals surface area contributed by atoms with Gasteiger partial charge < -0.3 is 10.1 Å². The molecule has 0 heterocycles. The zero-order valence-electron chi connectivity index (χ0n) is 16.7. The number of hydrogen-bond acceptors (Lipinski definition) is 4. The van der Waals surface area contributed by atoms with Crippen LogP contribution in [-0.2, 0) is 14.8 Å². The predicted molar refractivity (Wildman–Crippen MR) is 114 cm³/mol. The first-order valence-corrected chi connectivity index (χ1v) is 11.5. The summed E-state index contributed by atoms with van der Waals surface area (Å²) in [6.45, 7) is 2.27. The van der Waals surface area contributed by atoms with Gasteiger partial charge in [0, 0.05) is 11.7 Å². The molecule has 0 aromatic heterocycles. The molecule has 7 heteroatoms. The van der Waals surface area contributed by atoms with Gasteiger partial charge in [-0.05, 0) is 56.2 Å². The molecular formula is C22H28N2O4S. The lowest BCUT2D eigenvalue weighted by Crippen LogP contribution is -2.36. The maximum atomic E-state index is 12.5. The van der Waals surface area contributed by atoms with E-state index in [4.69, 9.17) is 4.74 Å². The molecule has 6 nitrogen and oxygen atoms in total. The number of ether oxygens (including phenoxy) is 1. The van der Waals surface area contributed by atoms with Crippen LogP contribution in [0.1, 0.15) is 44.1 Å². The van der Waals surface area contributed by atoms with Gasteiger partial charge in [-0.25, -0.2) is 13.1 Å². The first-order valence-electron chi connectivity index (χ1n) is 10.0. The van der Waals surface area contributed by atoms with Crippen LogP contribution in [0.4, 0.5) is 5.69 Å². The first-order chi connectivity index (χ1) is 13.9. The van der Waals surface area contributed by atoms with Gasteiger partial charge in [-0.15, -0.1) is 0 Å². The summed E-state index contributed by atoms with van der Waals surface area (Å²) in [6, 6.07) is 13.9. The molecule has 1 saturated carbocycles. The number of aryl methyl sites for hydroxylation is 1. The minimum Gasteiger partial charge on any atom is -0.493 e. The van der Waals surface area contributed by atoms with E-state index in [1.54, 1.807) is 12.1 Å². The van der Waals surface area contributed by atoms with E-state index in [0.29, 0.717) is 5.69 Å². The summed E-state index contributed by atoms with van der Waals surface area (Å²) in [5.74, 6) is 0.538. The molecule has 0 aliphatic heterocycles. The van der Waals surface area contributed by atoms with Crippen molar-refractivity contribution in [1.29, 1.82) is 0 Å². The van der Waals surface area contributed by atoms with E-state index in [2.05, 4.69) is 10.0 Å². The maximum absolute atomic E-state index is 12.5. The zero-order valence-corrected chi connectivity index (χ0v) is 17.5. The van der Waals surface area contributed by atoms with Gasteiger partial charge in [0.1, 0.15) is 5.75 Å². The van der Waals surface area contributed by atoms with Crippen molar-refractivity contribution in [3.63, 3.8) is 0 Å². The highest BCUT2D eigenvalue weighted by atomic mass is 32.2. The average Bonchev–Trinajstić information content (AvgIpc) is 2.70. The Balaban J connectivity index is 1.47. The zero-order chi connectivity index (χ0) is 20.7. The lowest BCUT2D eigenvalue weighted by Gasteiger charge is -2.22. The molecule has 0 saturated heterocycles. The van der Waals surface area contributed by atoms with Crippen molar-refractivity contribution < 1.29 is 17.9 Å². The van der Waals surface area contributed by atoms with Gasteiger partial charge in [0.2, 0.25) is 15.9 Å². The summed E-state index contributed by atoms with van der Waals surface area (Å²) in [4.78, 5) is 12.3. The molecule has 0 atom stereocenters. The summed E-state index contributed by atoms with van der Waals surface area (Å²) in [7, 11) is -3.54. The van der Waals surface area contributed by atoms with Crippen LogP contribution in [0, 0.1) is 6.92 Å². The van der Waals surface area contributed by atoms with Crippen LogP contribution >= 0.6 is 0 Å².